The van der Waals surface area contributed by atoms with Crippen molar-refractivity contribution in [2.24, 2.45) is 12.8 Å². The molecule has 0 aliphatic heterocycles. The maximum atomic E-state index is 12.5. The minimum Gasteiger partial charge on any atom is -0.485 e. The lowest BCUT2D eigenvalue weighted by Gasteiger charge is -2.10. The SMILES string of the molecule is Cn1c(=O)c2ccccc2n2c(COc3ccc(Cl)cc3C(N)=O)nnc12. The highest BCUT2D eigenvalue weighted by Gasteiger charge is 2.16. The molecule has 2 N–H and O–H groups in total. The molecule has 0 radical (unpaired) electrons. The van der Waals surface area contributed by atoms with Crippen molar-refractivity contribution in [2.45, 2.75) is 6.61 Å². The van der Waals surface area contributed by atoms with E-state index in [-0.39, 0.29) is 23.5 Å². The second kappa shape index (κ2) is 6.40. The molecule has 0 saturated heterocycles. The van der Waals surface area contributed by atoms with Gasteiger partial charge in [0, 0.05) is 12.1 Å². The van der Waals surface area contributed by atoms with Crippen LogP contribution in [0.15, 0.2) is 47.3 Å². The normalized spacial score (nSPS) is 11.2. The van der Waals surface area contributed by atoms with Crippen LogP contribution in [0.4, 0.5) is 0 Å². The van der Waals surface area contributed by atoms with E-state index in [1.54, 1.807) is 35.7 Å². The van der Waals surface area contributed by atoms with Gasteiger partial charge in [0.2, 0.25) is 5.78 Å². The molecule has 0 aliphatic rings. The van der Waals surface area contributed by atoms with Gasteiger partial charge >= 0.3 is 0 Å². The van der Waals surface area contributed by atoms with Crippen LogP contribution in [0.2, 0.25) is 5.02 Å². The number of nitrogens with zero attached hydrogens (tertiary/aromatic N) is 4. The summed E-state index contributed by atoms with van der Waals surface area (Å²) >= 11 is 5.91. The second-order valence-corrected chi connectivity index (χ2v) is 6.36. The number of amides is 1. The number of benzene rings is 2. The second-order valence-electron chi connectivity index (χ2n) is 5.93. The first-order chi connectivity index (χ1) is 13.0. The Balaban J connectivity index is 1.81. The van der Waals surface area contributed by atoms with E-state index >= 15 is 0 Å². The van der Waals surface area contributed by atoms with E-state index in [4.69, 9.17) is 22.1 Å². The number of fused-ring (bicyclic) bond motifs is 3. The molecule has 136 valence electrons. The lowest BCUT2D eigenvalue weighted by Crippen LogP contribution is -2.20. The molecule has 4 aromatic rings. The quantitative estimate of drug-likeness (QED) is 0.579. The van der Waals surface area contributed by atoms with Gasteiger partial charge in [-0.25, -0.2) is 0 Å². The minimum atomic E-state index is -0.647. The number of halogens is 1. The van der Waals surface area contributed by atoms with Gasteiger partial charge in [-0.3, -0.25) is 18.6 Å². The number of para-hydroxylation sites is 1. The Kier molecular flexibility index (Phi) is 4.04. The Morgan fingerprint density at radius 2 is 2.00 bits per heavy atom. The molecule has 9 heteroatoms. The Morgan fingerprint density at radius 3 is 2.78 bits per heavy atom. The Bertz CT molecular complexity index is 1260. The number of ether oxygens (including phenoxy) is 1. The van der Waals surface area contributed by atoms with Gasteiger partial charge in [0.05, 0.1) is 16.5 Å². The van der Waals surface area contributed by atoms with Crippen LogP contribution in [0.3, 0.4) is 0 Å². The number of rotatable bonds is 4. The van der Waals surface area contributed by atoms with Crippen LogP contribution in [0.1, 0.15) is 16.2 Å². The monoisotopic (exact) mass is 383 g/mol. The predicted molar refractivity (Wildman–Crippen MR) is 100 cm³/mol. The zero-order chi connectivity index (χ0) is 19.1. The molecule has 0 bridgehead atoms. The maximum absolute atomic E-state index is 12.5. The van der Waals surface area contributed by atoms with Gasteiger partial charge in [-0.15, -0.1) is 10.2 Å². The number of aromatic nitrogens is 4. The lowest BCUT2D eigenvalue weighted by atomic mass is 10.2. The first-order valence-electron chi connectivity index (χ1n) is 8.01. The zero-order valence-corrected chi connectivity index (χ0v) is 15.0. The molecule has 27 heavy (non-hydrogen) atoms. The van der Waals surface area contributed by atoms with Crippen molar-refractivity contribution >= 4 is 34.2 Å². The van der Waals surface area contributed by atoms with E-state index in [2.05, 4.69) is 10.2 Å². The lowest BCUT2D eigenvalue weighted by molar-refractivity contribution is 0.0995. The third kappa shape index (κ3) is 2.80. The fourth-order valence-electron chi connectivity index (χ4n) is 2.95. The van der Waals surface area contributed by atoms with Crippen molar-refractivity contribution in [3.8, 4) is 5.75 Å². The van der Waals surface area contributed by atoms with Crippen molar-refractivity contribution in [2.75, 3.05) is 0 Å². The molecule has 0 atom stereocenters. The van der Waals surface area contributed by atoms with Crippen molar-refractivity contribution in [1.29, 1.82) is 0 Å². The van der Waals surface area contributed by atoms with E-state index < -0.39 is 5.91 Å². The maximum Gasteiger partial charge on any atom is 0.262 e. The smallest absolute Gasteiger partial charge is 0.262 e. The Labute approximate surface area is 157 Å². The molecule has 2 aromatic heterocycles. The summed E-state index contributed by atoms with van der Waals surface area (Å²) in [6.45, 7) is 0.0191. The van der Waals surface area contributed by atoms with Crippen LogP contribution in [-0.2, 0) is 13.7 Å². The van der Waals surface area contributed by atoms with Gasteiger partial charge in [-0.05, 0) is 30.3 Å². The third-order valence-corrected chi connectivity index (χ3v) is 4.49. The van der Waals surface area contributed by atoms with Crippen molar-refractivity contribution in [1.82, 2.24) is 19.2 Å². The molecule has 0 unspecified atom stereocenters. The van der Waals surface area contributed by atoms with E-state index in [1.807, 2.05) is 12.1 Å². The van der Waals surface area contributed by atoms with Crippen LogP contribution in [-0.4, -0.2) is 25.1 Å². The molecule has 0 aliphatic carbocycles. The van der Waals surface area contributed by atoms with Crippen LogP contribution >= 0.6 is 11.6 Å². The topological polar surface area (TPSA) is 105 Å². The largest absolute Gasteiger partial charge is 0.485 e. The summed E-state index contributed by atoms with van der Waals surface area (Å²) in [4.78, 5) is 24.1. The number of carbonyl (C=O) groups is 1. The summed E-state index contributed by atoms with van der Waals surface area (Å²) < 4.78 is 8.93. The van der Waals surface area contributed by atoms with Gasteiger partial charge in [-0.2, -0.15) is 0 Å². The van der Waals surface area contributed by atoms with Gasteiger partial charge in [0.25, 0.3) is 11.5 Å². The van der Waals surface area contributed by atoms with Crippen LogP contribution in [0.5, 0.6) is 5.75 Å². The molecular weight excluding hydrogens is 370 g/mol. The van der Waals surface area contributed by atoms with E-state index in [1.165, 1.54) is 10.6 Å². The molecule has 1 amide bonds. The first kappa shape index (κ1) is 17.0. The summed E-state index contributed by atoms with van der Waals surface area (Å²) in [5, 5.41) is 9.16. The van der Waals surface area contributed by atoms with E-state index in [9.17, 15) is 9.59 Å². The fraction of sp³-hybridized carbons (Fsp3) is 0.111. The summed E-state index contributed by atoms with van der Waals surface area (Å²) in [7, 11) is 1.63. The summed E-state index contributed by atoms with van der Waals surface area (Å²) in [6.07, 6.45) is 0. The number of carbonyl (C=O) groups excluding carboxylic acids is 1. The fourth-order valence-corrected chi connectivity index (χ4v) is 3.12. The number of aryl methyl sites for hydroxylation is 1. The molecule has 0 spiro atoms. The number of nitrogens with two attached hydrogens (primary N) is 1. The standard InChI is InChI=1S/C18H14ClN5O3/c1-23-17(26)11-4-2-3-5-13(11)24-15(21-22-18(23)24)9-27-14-7-6-10(19)8-12(14)16(20)25/h2-8H,9H2,1H3,(H2,20,25). The first-order valence-corrected chi connectivity index (χ1v) is 8.39. The zero-order valence-electron chi connectivity index (χ0n) is 14.2. The molecule has 0 fully saturated rings. The molecule has 0 saturated carbocycles. The average molecular weight is 384 g/mol. The molecule has 2 heterocycles. The van der Waals surface area contributed by atoms with Gasteiger partial charge in [0.15, 0.2) is 5.82 Å². The average Bonchev–Trinajstić information content (AvgIpc) is 3.09. The Morgan fingerprint density at radius 1 is 1.22 bits per heavy atom. The molecule has 8 nitrogen and oxygen atoms in total. The summed E-state index contributed by atoms with van der Waals surface area (Å²) in [5.74, 6) is 0.509. The molecular formula is C18H14ClN5O3. The summed E-state index contributed by atoms with van der Waals surface area (Å²) in [6, 6.07) is 11.8. The molecule has 2 aromatic carbocycles. The van der Waals surface area contributed by atoms with E-state index in [0.29, 0.717) is 27.5 Å². The third-order valence-electron chi connectivity index (χ3n) is 4.26. The highest BCUT2D eigenvalue weighted by molar-refractivity contribution is 6.31. The van der Waals surface area contributed by atoms with Crippen molar-refractivity contribution < 1.29 is 9.53 Å². The summed E-state index contributed by atoms with van der Waals surface area (Å²) in [5.41, 5.74) is 6.07. The Hall–Kier alpha value is -3.39. The van der Waals surface area contributed by atoms with Gasteiger partial charge < -0.3 is 10.5 Å². The predicted octanol–water partition coefficient (Wildman–Crippen LogP) is 1.91. The van der Waals surface area contributed by atoms with Gasteiger partial charge in [-0.1, -0.05) is 23.7 Å². The van der Waals surface area contributed by atoms with Gasteiger partial charge in [0.1, 0.15) is 12.4 Å². The van der Waals surface area contributed by atoms with E-state index in [0.717, 1.165) is 0 Å². The number of hydrogen-bond acceptors (Lipinski definition) is 5. The van der Waals surface area contributed by atoms with Crippen LogP contribution in [0, 0.1) is 0 Å². The van der Waals surface area contributed by atoms with Crippen LogP contribution in [0.25, 0.3) is 16.7 Å². The number of primary amides is 1. The minimum absolute atomic E-state index is 0.0191. The van der Waals surface area contributed by atoms with Crippen LogP contribution < -0.4 is 16.0 Å². The van der Waals surface area contributed by atoms with Crippen molar-refractivity contribution in [3.05, 3.63) is 69.2 Å². The highest BCUT2D eigenvalue weighted by atomic mass is 35.5. The molecule has 4 rings (SSSR count). The van der Waals surface area contributed by atoms with Crippen molar-refractivity contribution in [3.63, 3.8) is 0 Å². The highest BCUT2D eigenvalue weighted by Crippen LogP contribution is 2.24. The number of hydrogen-bond donors (Lipinski definition) is 1.